The molecule has 0 aromatic heterocycles. The zero-order valence-corrected chi connectivity index (χ0v) is 15.4. The van der Waals surface area contributed by atoms with Gasteiger partial charge in [0, 0.05) is 13.1 Å². The molecule has 0 bridgehead atoms. The van der Waals surface area contributed by atoms with E-state index in [-0.39, 0.29) is 5.92 Å². The van der Waals surface area contributed by atoms with Gasteiger partial charge in [-0.25, -0.2) is 0 Å². The second kappa shape index (κ2) is 8.92. The number of piperidine rings is 1. The fraction of sp³-hybridized carbons (Fsp3) is 0.632. The zero-order chi connectivity index (χ0) is 17.5. The molecule has 1 aromatic carbocycles. The molecule has 0 spiro atoms. The number of quaternary nitrogens is 1. The van der Waals surface area contributed by atoms with Crippen molar-refractivity contribution in [1.82, 2.24) is 4.90 Å². The molecular formula is C19H31N2O3+. The van der Waals surface area contributed by atoms with Crippen LogP contribution < -0.4 is 14.4 Å². The summed E-state index contributed by atoms with van der Waals surface area (Å²) in [6.07, 6.45) is 2.10. The van der Waals surface area contributed by atoms with Crippen LogP contribution in [-0.2, 0) is 11.3 Å². The van der Waals surface area contributed by atoms with Crippen LogP contribution in [0.4, 0.5) is 0 Å². The monoisotopic (exact) mass is 335 g/mol. The Labute approximate surface area is 145 Å². The van der Waals surface area contributed by atoms with Crippen molar-refractivity contribution in [3.8, 4) is 11.5 Å². The molecule has 1 saturated heterocycles. The number of hydrogen-bond donors (Lipinski definition) is 1. The molecule has 1 unspecified atom stereocenters. The van der Waals surface area contributed by atoms with Crippen LogP contribution in [0.1, 0.15) is 32.3 Å². The van der Waals surface area contributed by atoms with Crippen molar-refractivity contribution in [2.24, 2.45) is 5.92 Å². The van der Waals surface area contributed by atoms with Gasteiger partial charge in [-0.2, -0.15) is 0 Å². The number of ether oxygens (including phenoxy) is 2. The van der Waals surface area contributed by atoms with E-state index in [2.05, 4.69) is 13.8 Å². The molecule has 0 saturated carbocycles. The lowest BCUT2D eigenvalue weighted by atomic mass is 9.96. The Morgan fingerprint density at radius 2 is 2.00 bits per heavy atom. The van der Waals surface area contributed by atoms with Crippen molar-refractivity contribution < 1.29 is 19.2 Å². The van der Waals surface area contributed by atoms with Crippen molar-refractivity contribution in [2.45, 2.75) is 33.2 Å². The molecule has 2 atom stereocenters. The average Bonchev–Trinajstić information content (AvgIpc) is 2.62. The van der Waals surface area contributed by atoms with Crippen LogP contribution in [0.2, 0.25) is 0 Å². The highest BCUT2D eigenvalue weighted by Gasteiger charge is 2.31. The van der Waals surface area contributed by atoms with Gasteiger partial charge in [-0.05, 0) is 44.9 Å². The number of carbonyl (C=O) groups is 1. The van der Waals surface area contributed by atoms with Crippen LogP contribution in [0, 0.1) is 5.92 Å². The highest BCUT2D eigenvalue weighted by atomic mass is 16.5. The van der Waals surface area contributed by atoms with Gasteiger partial charge in [-0.1, -0.05) is 0 Å². The first-order valence-corrected chi connectivity index (χ1v) is 8.96. The van der Waals surface area contributed by atoms with Crippen molar-refractivity contribution in [3.05, 3.63) is 23.8 Å². The Bertz CT molecular complexity index is 543. The third-order valence-electron chi connectivity index (χ3n) is 4.97. The van der Waals surface area contributed by atoms with Crippen LogP contribution in [-0.4, -0.2) is 51.2 Å². The van der Waals surface area contributed by atoms with Gasteiger partial charge in [-0.15, -0.1) is 0 Å². The Hall–Kier alpha value is -1.75. The van der Waals surface area contributed by atoms with E-state index in [9.17, 15) is 4.79 Å². The molecule has 1 aromatic rings. The second-order valence-corrected chi connectivity index (χ2v) is 6.41. The van der Waals surface area contributed by atoms with Gasteiger partial charge in [0.2, 0.25) is 5.91 Å². The first kappa shape index (κ1) is 18.6. The first-order valence-electron chi connectivity index (χ1n) is 8.96. The van der Waals surface area contributed by atoms with E-state index in [4.69, 9.17) is 9.47 Å². The summed E-state index contributed by atoms with van der Waals surface area (Å²) >= 11 is 0. The van der Waals surface area contributed by atoms with Crippen LogP contribution in [0.5, 0.6) is 11.5 Å². The molecule has 2 rings (SSSR count). The minimum absolute atomic E-state index is 0.144. The summed E-state index contributed by atoms with van der Waals surface area (Å²) in [4.78, 5) is 16.1. The molecule has 24 heavy (non-hydrogen) atoms. The number of likely N-dealkylation sites (tertiary alicyclic amines) is 1. The van der Waals surface area contributed by atoms with Gasteiger partial charge >= 0.3 is 0 Å². The lowest BCUT2D eigenvalue weighted by Gasteiger charge is -2.32. The first-order chi connectivity index (χ1) is 11.6. The molecule has 1 heterocycles. The molecule has 1 aliphatic heterocycles. The van der Waals surface area contributed by atoms with E-state index >= 15 is 0 Å². The summed E-state index contributed by atoms with van der Waals surface area (Å²) in [6, 6.07) is 5.92. The third-order valence-corrected chi connectivity index (χ3v) is 4.97. The molecule has 1 N–H and O–H groups in total. The highest BCUT2D eigenvalue weighted by molar-refractivity contribution is 5.78. The number of nitrogens with one attached hydrogen (secondary N) is 1. The number of methoxy groups -OCH3 is 2. The molecule has 1 fully saturated rings. The molecule has 5 heteroatoms. The highest BCUT2D eigenvalue weighted by Crippen LogP contribution is 2.23. The lowest BCUT2D eigenvalue weighted by Crippen LogP contribution is -3.12. The summed E-state index contributed by atoms with van der Waals surface area (Å²) in [6.45, 7) is 8.56. The third kappa shape index (κ3) is 4.41. The minimum atomic E-state index is 0.144. The standard InChI is InChI=1S/C19H30N2O3/c1-5-21(6-2)19(22)15-8-7-11-20(13-15)14-16-12-17(23-3)9-10-18(16)24-4/h9-10,12,15H,5-8,11,13-14H2,1-4H3/p+1/t15-/m1/s1. The van der Waals surface area contributed by atoms with Crippen molar-refractivity contribution in [1.29, 1.82) is 0 Å². The Morgan fingerprint density at radius 1 is 1.25 bits per heavy atom. The largest absolute Gasteiger partial charge is 0.497 e. The van der Waals surface area contributed by atoms with Gasteiger partial charge in [0.25, 0.3) is 0 Å². The van der Waals surface area contributed by atoms with E-state index in [0.29, 0.717) is 5.91 Å². The smallest absolute Gasteiger partial charge is 0.231 e. The fourth-order valence-corrected chi connectivity index (χ4v) is 3.61. The number of amides is 1. The van der Waals surface area contributed by atoms with Gasteiger partial charge in [-0.3, -0.25) is 4.79 Å². The molecule has 134 valence electrons. The summed E-state index contributed by atoms with van der Waals surface area (Å²) in [5.41, 5.74) is 1.14. The molecular weight excluding hydrogens is 304 g/mol. The molecule has 1 amide bonds. The summed E-state index contributed by atoms with van der Waals surface area (Å²) in [5, 5.41) is 0. The maximum atomic E-state index is 12.6. The molecule has 5 nitrogen and oxygen atoms in total. The van der Waals surface area contributed by atoms with Crippen molar-refractivity contribution >= 4 is 5.91 Å². The zero-order valence-electron chi connectivity index (χ0n) is 15.4. The summed E-state index contributed by atoms with van der Waals surface area (Å²) in [7, 11) is 3.38. The second-order valence-electron chi connectivity index (χ2n) is 6.41. The van der Waals surface area contributed by atoms with Crippen molar-refractivity contribution in [2.75, 3.05) is 40.4 Å². The van der Waals surface area contributed by atoms with E-state index < -0.39 is 0 Å². The number of carbonyl (C=O) groups excluding carboxylic acids is 1. The molecule has 1 aliphatic rings. The number of nitrogens with zero attached hydrogens (tertiary/aromatic N) is 1. The van der Waals surface area contributed by atoms with Gasteiger partial charge in [0.15, 0.2) is 0 Å². The van der Waals surface area contributed by atoms with Crippen LogP contribution in [0.15, 0.2) is 18.2 Å². The van der Waals surface area contributed by atoms with E-state index in [1.54, 1.807) is 14.2 Å². The van der Waals surface area contributed by atoms with E-state index in [1.807, 2.05) is 23.1 Å². The van der Waals surface area contributed by atoms with E-state index in [1.165, 1.54) is 4.90 Å². The quantitative estimate of drug-likeness (QED) is 0.818. The van der Waals surface area contributed by atoms with Gasteiger partial charge in [0.05, 0.1) is 38.8 Å². The number of hydrogen-bond acceptors (Lipinski definition) is 3. The predicted octanol–water partition coefficient (Wildman–Crippen LogP) is 1.37. The lowest BCUT2D eigenvalue weighted by molar-refractivity contribution is -0.921. The maximum Gasteiger partial charge on any atom is 0.231 e. The summed E-state index contributed by atoms with van der Waals surface area (Å²) in [5.74, 6) is 2.19. The van der Waals surface area contributed by atoms with Gasteiger partial charge in [0.1, 0.15) is 18.0 Å². The molecule has 0 aliphatic carbocycles. The maximum absolute atomic E-state index is 12.6. The number of benzene rings is 1. The number of rotatable bonds is 7. The predicted molar refractivity (Wildman–Crippen MR) is 94.6 cm³/mol. The van der Waals surface area contributed by atoms with Crippen molar-refractivity contribution in [3.63, 3.8) is 0 Å². The van der Waals surface area contributed by atoms with E-state index in [0.717, 1.165) is 62.6 Å². The van der Waals surface area contributed by atoms with Gasteiger partial charge < -0.3 is 19.3 Å². The molecule has 0 radical (unpaired) electrons. The fourth-order valence-electron chi connectivity index (χ4n) is 3.61. The Morgan fingerprint density at radius 3 is 2.62 bits per heavy atom. The Kier molecular flexibility index (Phi) is 6.91. The van der Waals surface area contributed by atoms with Crippen LogP contribution in [0.3, 0.4) is 0 Å². The van der Waals surface area contributed by atoms with Crippen LogP contribution >= 0.6 is 0 Å². The summed E-state index contributed by atoms with van der Waals surface area (Å²) < 4.78 is 10.8. The topological polar surface area (TPSA) is 43.2 Å². The minimum Gasteiger partial charge on any atom is -0.497 e. The normalized spacial score (nSPS) is 20.5. The Balaban J connectivity index is 2.06. The average molecular weight is 335 g/mol. The van der Waals surface area contributed by atoms with Crippen LogP contribution in [0.25, 0.3) is 0 Å². The SMILES string of the molecule is CCN(CC)C(=O)[C@@H]1CCC[NH+](Cc2cc(OC)ccc2OC)C1.